The van der Waals surface area contributed by atoms with Crippen molar-refractivity contribution in [2.75, 3.05) is 7.05 Å². The number of halogens is 5. The molecule has 0 fully saturated rings. The molecule has 106 valence electrons. The van der Waals surface area contributed by atoms with Crippen LogP contribution in [0, 0.1) is 11.6 Å². The van der Waals surface area contributed by atoms with Gasteiger partial charge in [0.05, 0.1) is 6.04 Å². The third-order valence-electron chi connectivity index (χ3n) is 2.93. The highest BCUT2D eigenvalue weighted by Crippen LogP contribution is 2.37. The first-order chi connectivity index (χ1) is 9.45. The summed E-state index contributed by atoms with van der Waals surface area (Å²) in [6.07, 6.45) is 0. The van der Waals surface area contributed by atoms with Crippen LogP contribution in [-0.4, -0.2) is 7.05 Å². The highest BCUT2D eigenvalue weighted by Gasteiger charge is 2.22. The summed E-state index contributed by atoms with van der Waals surface area (Å²) in [5, 5.41) is 3.89. The molecule has 0 aliphatic heterocycles. The van der Waals surface area contributed by atoms with Crippen molar-refractivity contribution in [1.29, 1.82) is 0 Å². The van der Waals surface area contributed by atoms with Gasteiger partial charge in [0.25, 0.3) is 0 Å². The average molecular weight is 337 g/mol. The van der Waals surface area contributed by atoms with Crippen LogP contribution in [-0.2, 0) is 0 Å². The Morgan fingerprint density at radius 3 is 2.05 bits per heavy atom. The summed E-state index contributed by atoms with van der Waals surface area (Å²) in [7, 11) is 1.65. The summed E-state index contributed by atoms with van der Waals surface area (Å²) in [6.45, 7) is 0. The molecule has 0 saturated heterocycles. The lowest BCUT2D eigenvalue weighted by Crippen LogP contribution is -2.19. The van der Waals surface area contributed by atoms with E-state index in [1.807, 2.05) is 0 Å². The van der Waals surface area contributed by atoms with E-state index in [-0.39, 0.29) is 5.02 Å². The predicted molar refractivity (Wildman–Crippen MR) is 78.7 cm³/mol. The van der Waals surface area contributed by atoms with E-state index in [4.69, 9.17) is 34.8 Å². The molecule has 0 aliphatic carbocycles. The van der Waals surface area contributed by atoms with Gasteiger partial charge in [-0.15, -0.1) is 0 Å². The monoisotopic (exact) mass is 335 g/mol. The van der Waals surface area contributed by atoms with Crippen LogP contribution in [0.5, 0.6) is 0 Å². The molecule has 1 unspecified atom stereocenters. The molecule has 2 aromatic rings. The summed E-state index contributed by atoms with van der Waals surface area (Å²) in [4.78, 5) is 0. The lowest BCUT2D eigenvalue weighted by atomic mass is 9.98. The topological polar surface area (TPSA) is 12.0 Å². The molecule has 20 heavy (non-hydrogen) atoms. The fourth-order valence-corrected chi connectivity index (χ4v) is 2.88. The van der Waals surface area contributed by atoms with Gasteiger partial charge in [-0.25, -0.2) is 8.78 Å². The summed E-state index contributed by atoms with van der Waals surface area (Å²) in [6, 6.07) is 6.47. The minimum Gasteiger partial charge on any atom is -0.309 e. The Morgan fingerprint density at radius 1 is 0.950 bits per heavy atom. The van der Waals surface area contributed by atoms with E-state index in [2.05, 4.69) is 5.32 Å². The zero-order valence-corrected chi connectivity index (χ0v) is 12.6. The van der Waals surface area contributed by atoms with Gasteiger partial charge in [0.2, 0.25) is 0 Å². The molecule has 2 rings (SSSR count). The van der Waals surface area contributed by atoms with E-state index >= 15 is 0 Å². The van der Waals surface area contributed by atoms with Gasteiger partial charge in [-0.2, -0.15) is 0 Å². The maximum absolute atomic E-state index is 13.4. The van der Waals surface area contributed by atoms with Crippen LogP contribution in [0.2, 0.25) is 15.1 Å². The molecule has 0 bridgehead atoms. The summed E-state index contributed by atoms with van der Waals surface area (Å²) >= 11 is 18.3. The van der Waals surface area contributed by atoms with Crippen LogP contribution in [0.15, 0.2) is 30.3 Å². The Balaban J connectivity index is 2.62. The van der Waals surface area contributed by atoms with Gasteiger partial charge in [0.1, 0.15) is 0 Å². The van der Waals surface area contributed by atoms with Crippen LogP contribution >= 0.6 is 34.8 Å². The van der Waals surface area contributed by atoms with Crippen molar-refractivity contribution in [3.8, 4) is 0 Å². The van der Waals surface area contributed by atoms with Gasteiger partial charge in [-0.3, -0.25) is 0 Å². The van der Waals surface area contributed by atoms with Gasteiger partial charge in [-0.1, -0.05) is 40.9 Å². The SMILES string of the molecule is CNC(c1cc(F)c(F)cc1Cl)c1c(Cl)cccc1Cl. The fraction of sp³-hybridized carbons (Fsp3) is 0.143. The van der Waals surface area contributed by atoms with Gasteiger partial charge < -0.3 is 5.32 Å². The second-order valence-corrected chi connectivity index (χ2v) is 5.37. The molecular weight excluding hydrogens is 327 g/mol. The fourth-order valence-electron chi connectivity index (χ4n) is 2.00. The molecule has 0 spiro atoms. The second kappa shape index (κ2) is 6.27. The smallest absolute Gasteiger partial charge is 0.160 e. The van der Waals surface area contributed by atoms with E-state index in [1.165, 1.54) is 0 Å². The Bertz CT molecular complexity index is 626. The van der Waals surface area contributed by atoms with Gasteiger partial charge in [0.15, 0.2) is 11.6 Å². The van der Waals surface area contributed by atoms with Crippen LogP contribution in [0.25, 0.3) is 0 Å². The summed E-state index contributed by atoms with van der Waals surface area (Å²) in [5.41, 5.74) is 0.925. The first-order valence-corrected chi connectivity index (χ1v) is 6.84. The zero-order chi connectivity index (χ0) is 14.9. The Kier molecular flexibility index (Phi) is 4.86. The van der Waals surface area contributed by atoms with Crippen molar-refractivity contribution >= 4 is 34.8 Å². The van der Waals surface area contributed by atoms with E-state index < -0.39 is 17.7 Å². The molecule has 0 heterocycles. The van der Waals surface area contributed by atoms with Crippen LogP contribution < -0.4 is 5.32 Å². The quantitative estimate of drug-likeness (QED) is 0.756. The molecule has 0 radical (unpaired) electrons. The third kappa shape index (κ3) is 2.91. The van der Waals surface area contributed by atoms with Crippen molar-refractivity contribution in [1.82, 2.24) is 5.32 Å². The van der Waals surface area contributed by atoms with Crippen LogP contribution in [0.4, 0.5) is 8.78 Å². The van der Waals surface area contributed by atoms with E-state index in [9.17, 15) is 8.78 Å². The van der Waals surface area contributed by atoms with Gasteiger partial charge in [0, 0.05) is 20.6 Å². The number of rotatable bonds is 3. The molecular formula is C14H10Cl3F2N. The van der Waals surface area contributed by atoms with E-state index in [0.29, 0.717) is 21.2 Å². The minimum atomic E-state index is -1.00. The van der Waals surface area contributed by atoms with Crippen molar-refractivity contribution in [3.63, 3.8) is 0 Å². The van der Waals surface area contributed by atoms with E-state index in [1.54, 1.807) is 25.2 Å². The number of hydrogen-bond donors (Lipinski definition) is 1. The number of nitrogens with one attached hydrogen (secondary N) is 1. The molecule has 0 saturated carbocycles. The van der Waals surface area contributed by atoms with Gasteiger partial charge >= 0.3 is 0 Å². The highest BCUT2D eigenvalue weighted by atomic mass is 35.5. The predicted octanol–water partition coefficient (Wildman–Crippen LogP) is 5.23. The molecule has 0 aliphatic rings. The molecule has 2 aromatic carbocycles. The molecule has 1 N–H and O–H groups in total. The first-order valence-electron chi connectivity index (χ1n) is 5.71. The largest absolute Gasteiger partial charge is 0.309 e. The van der Waals surface area contributed by atoms with Crippen LogP contribution in [0.1, 0.15) is 17.2 Å². The maximum atomic E-state index is 13.4. The lowest BCUT2D eigenvalue weighted by Gasteiger charge is -2.21. The first kappa shape index (κ1) is 15.5. The van der Waals surface area contributed by atoms with Crippen molar-refractivity contribution in [2.24, 2.45) is 0 Å². The maximum Gasteiger partial charge on any atom is 0.160 e. The molecule has 1 nitrogen and oxygen atoms in total. The third-order valence-corrected chi connectivity index (χ3v) is 3.91. The minimum absolute atomic E-state index is 0.0965. The zero-order valence-electron chi connectivity index (χ0n) is 10.4. The highest BCUT2D eigenvalue weighted by molar-refractivity contribution is 6.36. The van der Waals surface area contributed by atoms with Crippen molar-refractivity contribution in [3.05, 3.63) is 68.2 Å². The Labute approximate surface area is 130 Å². The Morgan fingerprint density at radius 2 is 1.50 bits per heavy atom. The Hall–Kier alpha value is -0.870. The second-order valence-electron chi connectivity index (χ2n) is 4.14. The standard InChI is InChI=1S/C14H10Cl3F2N/c1-20-14(13-8(15)3-2-4-9(13)16)7-5-11(18)12(19)6-10(7)17/h2-6,14,20H,1H3. The van der Waals surface area contributed by atoms with E-state index in [0.717, 1.165) is 12.1 Å². The summed E-state index contributed by atoms with van der Waals surface area (Å²) in [5.74, 6) is -1.98. The van der Waals surface area contributed by atoms with Crippen molar-refractivity contribution < 1.29 is 8.78 Å². The average Bonchev–Trinajstić information content (AvgIpc) is 2.39. The lowest BCUT2D eigenvalue weighted by molar-refractivity contribution is 0.505. The van der Waals surface area contributed by atoms with Crippen LogP contribution in [0.3, 0.4) is 0 Å². The normalized spacial score (nSPS) is 12.5. The molecule has 0 amide bonds. The van der Waals surface area contributed by atoms with Gasteiger partial charge in [-0.05, 0) is 36.9 Å². The number of hydrogen-bond acceptors (Lipinski definition) is 1. The number of benzene rings is 2. The molecule has 0 aromatic heterocycles. The molecule has 1 atom stereocenters. The summed E-state index contributed by atoms with van der Waals surface area (Å²) < 4.78 is 26.6. The van der Waals surface area contributed by atoms with Crippen molar-refractivity contribution in [2.45, 2.75) is 6.04 Å². The molecule has 6 heteroatoms.